The van der Waals surface area contributed by atoms with Crippen molar-refractivity contribution in [3.8, 4) is 0 Å². The first-order chi connectivity index (χ1) is 16.5. The van der Waals surface area contributed by atoms with Gasteiger partial charge >= 0.3 is 0 Å². The van der Waals surface area contributed by atoms with Crippen LogP contribution in [0.5, 0.6) is 0 Å². The second-order valence-corrected chi connectivity index (χ2v) is 11.6. The lowest BCUT2D eigenvalue weighted by atomic mass is 9.77. The molecule has 0 bridgehead atoms. The Morgan fingerprint density at radius 2 is 1.79 bits per heavy atom. The summed E-state index contributed by atoms with van der Waals surface area (Å²) in [5.74, 6) is -0.0257. The highest BCUT2D eigenvalue weighted by Gasteiger charge is 2.50. The average molecular weight is 464 g/mol. The summed E-state index contributed by atoms with van der Waals surface area (Å²) >= 11 is 0. The molecular weight excluding hydrogens is 426 g/mol. The summed E-state index contributed by atoms with van der Waals surface area (Å²) in [5.41, 5.74) is 3.66. The van der Waals surface area contributed by atoms with Crippen LogP contribution in [0.3, 0.4) is 0 Å². The maximum absolute atomic E-state index is 13.0. The van der Waals surface area contributed by atoms with Crippen LogP contribution in [0.4, 0.5) is 0 Å². The number of hydrogen-bond acceptors (Lipinski definition) is 4. The van der Waals surface area contributed by atoms with E-state index in [0.29, 0.717) is 48.4 Å². The van der Waals surface area contributed by atoms with Gasteiger partial charge < -0.3 is 10.2 Å². The number of nitrogens with one attached hydrogen (secondary N) is 2. The molecule has 182 valence electrons. The van der Waals surface area contributed by atoms with Gasteiger partial charge in [-0.05, 0) is 79.9 Å². The van der Waals surface area contributed by atoms with Crippen LogP contribution in [-0.4, -0.2) is 40.7 Å². The fraction of sp³-hybridized carbons (Fsp3) is 0.679. The SMILES string of the molecule is O=C1CCC(N2Cc3cc(C[C@H]4CCCC[C@@H]4N[C@H]4CCCCC45CC5)ccc3C2=O)C(=O)N1. The lowest BCUT2D eigenvalue weighted by Crippen LogP contribution is -2.52. The molecule has 1 aromatic rings. The maximum Gasteiger partial charge on any atom is 0.255 e. The van der Waals surface area contributed by atoms with Crippen LogP contribution in [0, 0.1) is 11.3 Å². The molecule has 1 aromatic carbocycles. The van der Waals surface area contributed by atoms with Crippen LogP contribution in [0.25, 0.3) is 0 Å². The van der Waals surface area contributed by atoms with Gasteiger partial charge in [0.1, 0.15) is 6.04 Å². The molecule has 1 saturated heterocycles. The van der Waals surface area contributed by atoms with Crippen LogP contribution in [0.2, 0.25) is 0 Å². The van der Waals surface area contributed by atoms with E-state index in [9.17, 15) is 14.4 Å². The van der Waals surface area contributed by atoms with Crippen molar-refractivity contribution < 1.29 is 14.4 Å². The van der Waals surface area contributed by atoms with Crippen molar-refractivity contribution in [2.75, 3.05) is 0 Å². The minimum absolute atomic E-state index is 0.0831. The molecule has 6 nitrogen and oxygen atoms in total. The van der Waals surface area contributed by atoms with Crippen LogP contribution in [0.15, 0.2) is 18.2 Å². The highest BCUT2D eigenvalue weighted by atomic mass is 16.2. The molecule has 4 atom stereocenters. The van der Waals surface area contributed by atoms with E-state index in [4.69, 9.17) is 0 Å². The van der Waals surface area contributed by atoms with E-state index in [-0.39, 0.29) is 17.7 Å². The van der Waals surface area contributed by atoms with Gasteiger partial charge in [-0.2, -0.15) is 0 Å². The number of carbonyl (C=O) groups is 3. The molecule has 3 aliphatic carbocycles. The Bertz CT molecular complexity index is 1000. The Hall–Kier alpha value is -2.21. The fourth-order valence-corrected chi connectivity index (χ4v) is 7.31. The third-order valence-electron chi connectivity index (χ3n) is 9.46. The Morgan fingerprint density at radius 1 is 0.971 bits per heavy atom. The number of rotatable bonds is 5. The first-order valence-electron chi connectivity index (χ1n) is 13.5. The van der Waals surface area contributed by atoms with Crippen molar-refractivity contribution in [2.24, 2.45) is 11.3 Å². The molecule has 6 heteroatoms. The molecule has 5 aliphatic rings. The number of amides is 3. The normalized spacial score (nSPS) is 32.6. The van der Waals surface area contributed by atoms with E-state index in [2.05, 4.69) is 22.8 Å². The minimum atomic E-state index is -0.543. The summed E-state index contributed by atoms with van der Waals surface area (Å²) in [5, 5.41) is 6.55. The van der Waals surface area contributed by atoms with Crippen molar-refractivity contribution in [1.29, 1.82) is 0 Å². The molecule has 1 unspecified atom stereocenters. The maximum atomic E-state index is 13.0. The summed E-state index contributed by atoms with van der Waals surface area (Å²) in [6, 6.07) is 7.06. The van der Waals surface area contributed by atoms with Gasteiger partial charge in [0.15, 0.2) is 0 Å². The van der Waals surface area contributed by atoms with E-state index in [1.54, 1.807) is 4.90 Å². The second kappa shape index (κ2) is 8.78. The lowest BCUT2D eigenvalue weighted by Gasteiger charge is -2.40. The summed E-state index contributed by atoms with van der Waals surface area (Å²) in [7, 11) is 0. The lowest BCUT2D eigenvalue weighted by molar-refractivity contribution is -0.136. The molecule has 0 radical (unpaired) electrons. The highest BCUT2D eigenvalue weighted by molar-refractivity contribution is 6.05. The van der Waals surface area contributed by atoms with Gasteiger partial charge in [0.05, 0.1) is 0 Å². The van der Waals surface area contributed by atoms with Gasteiger partial charge in [-0.3, -0.25) is 19.7 Å². The molecule has 6 rings (SSSR count). The van der Waals surface area contributed by atoms with E-state index in [1.807, 2.05) is 6.07 Å². The monoisotopic (exact) mass is 463 g/mol. The fourth-order valence-electron chi connectivity index (χ4n) is 7.31. The molecule has 1 spiro atoms. The smallest absolute Gasteiger partial charge is 0.255 e. The molecular formula is C28H37N3O3. The van der Waals surface area contributed by atoms with E-state index in [1.165, 1.54) is 69.8 Å². The standard InChI is InChI=1S/C28H37N3O3/c32-25-11-10-23(26(33)30-25)31-17-20-16-18(8-9-21(20)27(31)34)15-19-5-1-2-6-22(19)29-24-7-3-4-12-28(24)13-14-28/h8-9,16,19,22-24,29H,1-7,10-15,17H2,(H,30,32,33)/t19-,22+,23?,24+/m1/s1. The van der Waals surface area contributed by atoms with Crippen molar-refractivity contribution >= 4 is 17.7 Å². The molecule has 2 N–H and O–H groups in total. The van der Waals surface area contributed by atoms with Gasteiger partial charge in [0.2, 0.25) is 11.8 Å². The topological polar surface area (TPSA) is 78.5 Å². The minimum Gasteiger partial charge on any atom is -0.322 e. The largest absolute Gasteiger partial charge is 0.322 e. The molecule has 4 fully saturated rings. The Labute approximate surface area is 202 Å². The van der Waals surface area contributed by atoms with Crippen LogP contribution in [0.1, 0.15) is 98.5 Å². The number of benzene rings is 1. The molecule has 3 saturated carbocycles. The van der Waals surface area contributed by atoms with Crippen molar-refractivity contribution in [3.05, 3.63) is 34.9 Å². The number of nitrogens with zero attached hydrogens (tertiary/aromatic N) is 1. The van der Waals surface area contributed by atoms with Crippen LogP contribution >= 0.6 is 0 Å². The predicted octanol–water partition coefficient (Wildman–Crippen LogP) is 3.86. The first kappa shape index (κ1) is 22.3. The van der Waals surface area contributed by atoms with E-state index >= 15 is 0 Å². The quantitative estimate of drug-likeness (QED) is 0.650. The Kier molecular flexibility index (Phi) is 5.75. The highest BCUT2D eigenvalue weighted by Crippen LogP contribution is 2.56. The van der Waals surface area contributed by atoms with Crippen LogP contribution < -0.4 is 10.6 Å². The van der Waals surface area contributed by atoms with E-state index < -0.39 is 6.04 Å². The van der Waals surface area contributed by atoms with E-state index in [0.717, 1.165) is 12.0 Å². The zero-order chi connectivity index (χ0) is 23.3. The molecule has 2 aliphatic heterocycles. The number of hydrogen-bond donors (Lipinski definition) is 2. The van der Waals surface area contributed by atoms with Crippen molar-refractivity contribution in [1.82, 2.24) is 15.5 Å². The number of carbonyl (C=O) groups excluding carboxylic acids is 3. The predicted molar refractivity (Wildman–Crippen MR) is 129 cm³/mol. The number of imide groups is 1. The molecule has 34 heavy (non-hydrogen) atoms. The summed E-state index contributed by atoms with van der Waals surface area (Å²) in [6.45, 7) is 0.464. The van der Waals surface area contributed by atoms with Crippen molar-refractivity contribution in [2.45, 2.75) is 108 Å². The van der Waals surface area contributed by atoms with Gasteiger partial charge in [-0.25, -0.2) is 0 Å². The summed E-state index contributed by atoms with van der Waals surface area (Å²) < 4.78 is 0. The summed E-state index contributed by atoms with van der Waals surface area (Å²) in [4.78, 5) is 38.5. The number of piperidine rings is 1. The Balaban J connectivity index is 1.14. The second-order valence-electron chi connectivity index (χ2n) is 11.6. The first-order valence-corrected chi connectivity index (χ1v) is 13.5. The van der Waals surface area contributed by atoms with Gasteiger partial charge in [0, 0.05) is 30.6 Å². The molecule has 0 aromatic heterocycles. The average Bonchev–Trinajstić information content (AvgIpc) is 3.53. The zero-order valence-corrected chi connectivity index (χ0v) is 20.1. The summed E-state index contributed by atoms with van der Waals surface area (Å²) in [6.07, 6.45) is 15.3. The number of fused-ring (bicyclic) bond motifs is 1. The van der Waals surface area contributed by atoms with Gasteiger partial charge in [-0.1, -0.05) is 37.8 Å². The van der Waals surface area contributed by atoms with Gasteiger partial charge in [0.25, 0.3) is 5.91 Å². The van der Waals surface area contributed by atoms with Crippen LogP contribution in [-0.2, 0) is 22.6 Å². The van der Waals surface area contributed by atoms with Crippen molar-refractivity contribution in [3.63, 3.8) is 0 Å². The zero-order valence-electron chi connectivity index (χ0n) is 20.1. The Morgan fingerprint density at radius 3 is 2.62 bits per heavy atom. The van der Waals surface area contributed by atoms with Gasteiger partial charge in [-0.15, -0.1) is 0 Å². The molecule has 2 heterocycles. The molecule has 3 amide bonds. The third kappa shape index (κ3) is 4.08. The third-order valence-corrected chi connectivity index (χ3v) is 9.46.